The zero-order valence-corrected chi connectivity index (χ0v) is 16.0. The quantitative estimate of drug-likeness (QED) is 0.670. The van der Waals surface area contributed by atoms with Gasteiger partial charge in [-0.15, -0.1) is 0 Å². The number of amides is 1. The topological polar surface area (TPSA) is 56.8 Å². The summed E-state index contributed by atoms with van der Waals surface area (Å²) in [7, 11) is 4.77. The van der Waals surface area contributed by atoms with Gasteiger partial charge in [0.1, 0.15) is 0 Å². The average Bonchev–Trinajstić information content (AvgIpc) is 2.60. The highest BCUT2D eigenvalue weighted by Crippen LogP contribution is 2.31. The maximum absolute atomic E-state index is 12.5. The molecule has 0 aliphatic heterocycles. The first-order valence-corrected chi connectivity index (χ1v) is 8.44. The molecule has 0 aromatic heterocycles. The van der Waals surface area contributed by atoms with Gasteiger partial charge in [-0.3, -0.25) is 4.79 Å². The Kier molecular flexibility index (Phi) is 6.86. The fraction of sp³-hybridized carbons (Fsp3) is 0.278. The Morgan fingerprint density at radius 3 is 2.29 bits per heavy atom. The van der Waals surface area contributed by atoms with E-state index in [0.29, 0.717) is 30.2 Å². The summed E-state index contributed by atoms with van der Waals surface area (Å²) in [6, 6.07) is 11.3. The van der Waals surface area contributed by atoms with Crippen LogP contribution in [0.2, 0.25) is 0 Å². The molecule has 2 aromatic carbocycles. The molecule has 0 saturated carbocycles. The van der Waals surface area contributed by atoms with Gasteiger partial charge in [-0.05, 0) is 45.9 Å². The molecular weight excluding hydrogens is 421 g/mol. The van der Waals surface area contributed by atoms with Gasteiger partial charge in [-0.1, -0.05) is 24.3 Å². The second-order valence-corrected chi connectivity index (χ2v) is 6.23. The van der Waals surface area contributed by atoms with Crippen LogP contribution in [0.5, 0.6) is 11.5 Å². The molecule has 0 saturated heterocycles. The summed E-state index contributed by atoms with van der Waals surface area (Å²) in [5, 5.41) is 2.95. The van der Waals surface area contributed by atoms with Gasteiger partial charge in [-0.25, -0.2) is 0 Å². The molecular formula is C18H20INO4. The fourth-order valence-electron chi connectivity index (χ4n) is 2.33. The molecule has 0 bridgehead atoms. The van der Waals surface area contributed by atoms with Gasteiger partial charge in [0.15, 0.2) is 11.5 Å². The highest BCUT2D eigenvalue weighted by molar-refractivity contribution is 14.1. The highest BCUT2D eigenvalue weighted by atomic mass is 127. The molecule has 0 atom stereocenters. The molecule has 2 rings (SSSR count). The minimum atomic E-state index is -0.160. The summed E-state index contributed by atoms with van der Waals surface area (Å²) in [6.07, 6.45) is 0. The number of carbonyl (C=O) groups excluding carboxylic acids is 1. The van der Waals surface area contributed by atoms with Crippen LogP contribution in [0.15, 0.2) is 36.4 Å². The number of nitrogens with one attached hydrogen (secondary N) is 1. The molecule has 1 amide bonds. The van der Waals surface area contributed by atoms with Crippen LogP contribution in [0.3, 0.4) is 0 Å². The van der Waals surface area contributed by atoms with E-state index >= 15 is 0 Å². The third-order valence-electron chi connectivity index (χ3n) is 3.58. The van der Waals surface area contributed by atoms with E-state index in [-0.39, 0.29) is 5.91 Å². The normalized spacial score (nSPS) is 10.3. The van der Waals surface area contributed by atoms with Crippen molar-refractivity contribution in [1.82, 2.24) is 5.32 Å². The monoisotopic (exact) mass is 441 g/mol. The fourth-order valence-corrected chi connectivity index (χ4v) is 3.01. The van der Waals surface area contributed by atoms with E-state index in [1.807, 2.05) is 24.3 Å². The van der Waals surface area contributed by atoms with Gasteiger partial charge >= 0.3 is 0 Å². The Labute approximate surface area is 155 Å². The largest absolute Gasteiger partial charge is 0.493 e. The SMILES string of the molecule is COCc1ccccc1CNC(=O)c1cc(OC)c(OC)cc1I. The Hall–Kier alpha value is -1.80. The Morgan fingerprint density at radius 1 is 1.04 bits per heavy atom. The molecule has 6 heteroatoms. The summed E-state index contributed by atoms with van der Waals surface area (Å²) in [5.74, 6) is 0.972. The Morgan fingerprint density at radius 2 is 1.67 bits per heavy atom. The zero-order valence-electron chi connectivity index (χ0n) is 13.9. The van der Waals surface area contributed by atoms with E-state index < -0.39 is 0 Å². The third kappa shape index (κ3) is 4.39. The van der Waals surface area contributed by atoms with Crippen molar-refractivity contribution < 1.29 is 19.0 Å². The molecule has 1 N–H and O–H groups in total. The van der Waals surface area contributed by atoms with Crippen molar-refractivity contribution in [3.63, 3.8) is 0 Å². The lowest BCUT2D eigenvalue weighted by atomic mass is 10.1. The molecule has 2 aromatic rings. The van der Waals surface area contributed by atoms with E-state index in [9.17, 15) is 4.79 Å². The number of rotatable bonds is 7. The maximum atomic E-state index is 12.5. The van der Waals surface area contributed by atoms with Crippen LogP contribution in [-0.4, -0.2) is 27.2 Å². The summed E-state index contributed by atoms with van der Waals surface area (Å²) in [5.41, 5.74) is 2.64. The molecule has 0 heterocycles. The lowest BCUT2D eigenvalue weighted by Crippen LogP contribution is -2.24. The molecule has 0 aliphatic rings. The van der Waals surface area contributed by atoms with Crippen molar-refractivity contribution in [3.8, 4) is 11.5 Å². The van der Waals surface area contributed by atoms with Crippen LogP contribution in [0.1, 0.15) is 21.5 Å². The minimum absolute atomic E-state index is 0.160. The molecule has 0 fully saturated rings. The van der Waals surface area contributed by atoms with Gasteiger partial charge < -0.3 is 19.5 Å². The second-order valence-electron chi connectivity index (χ2n) is 5.07. The molecule has 5 nitrogen and oxygen atoms in total. The Balaban J connectivity index is 2.16. The second kappa shape index (κ2) is 8.89. The van der Waals surface area contributed by atoms with Crippen molar-refractivity contribution in [1.29, 1.82) is 0 Å². The summed E-state index contributed by atoms with van der Waals surface area (Å²) >= 11 is 2.12. The molecule has 128 valence electrons. The number of ether oxygens (including phenoxy) is 3. The predicted octanol–water partition coefficient (Wildman–Crippen LogP) is 3.38. The number of halogens is 1. The van der Waals surface area contributed by atoms with E-state index in [4.69, 9.17) is 14.2 Å². The van der Waals surface area contributed by atoms with Crippen molar-refractivity contribution in [3.05, 3.63) is 56.7 Å². The van der Waals surface area contributed by atoms with E-state index in [1.165, 1.54) is 0 Å². The molecule has 0 radical (unpaired) electrons. The lowest BCUT2D eigenvalue weighted by molar-refractivity contribution is 0.0949. The van der Waals surface area contributed by atoms with Crippen LogP contribution in [0.25, 0.3) is 0 Å². The van der Waals surface area contributed by atoms with E-state index in [0.717, 1.165) is 14.7 Å². The van der Waals surface area contributed by atoms with Gasteiger partial charge in [-0.2, -0.15) is 0 Å². The standard InChI is InChI=1S/C18H20INO4/c1-22-11-13-7-5-4-6-12(13)10-20-18(21)14-8-16(23-2)17(24-3)9-15(14)19/h4-9H,10-11H2,1-3H3,(H,20,21). The first kappa shape index (κ1) is 18.5. The van der Waals surface area contributed by atoms with Gasteiger partial charge in [0.05, 0.1) is 26.4 Å². The summed E-state index contributed by atoms with van der Waals surface area (Å²) in [4.78, 5) is 12.5. The zero-order chi connectivity index (χ0) is 17.5. The molecule has 24 heavy (non-hydrogen) atoms. The maximum Gasteiger partial charge on any atom is 0.252 e. The van der Waals surface area contributed by atoms with Gasteiger partial charge in [0.25, 0.3) is 5.91 Å². The smallest absolute Gasteiger partial charge is 0.252 e. The first-order valence-electron chi connectivity index (χ1n) is 7.36. The molecule has 0 spiro atoms. The van der Waals surface area contributed by atoms with Crippen LogP contribution in [0, 0.1) is 3.57 Å². The van der Waals surface area contributed by atoms with Crippen LogP contribution < -0.4 is 14.8 Å². The van der Waals surface area contributed by atoms with Crippen LogP contribution >= 0.6 is 22.6 Å². The van der Waals surface area contributed by atoms with Crippen LogP contribution in [0.4, 0.5) is 0 Å². The summed E-state index contributed by atoms with van der Waals surface area (Å²) < 4.78 is 16.5. The van der Waals surface area contributed by atoms with Crippen molar-refractivity contribution in [2.24, 2.45) is 0 Å². The summed E-state index contributed by atoms with van der Waals surface area (Å²) in [6.45, 7) is 0.947. The van der Waals surface area contributed by atoms with Crippen molar-refractivity contribution >= 4 is 28.5 Å². The average molecular weight is 441 g/mol. The number of benzene rings is 2. The highest BCUT2D eigenvalue weighted by Gasteiger charge is 2.15. The van der Waals surface area contributed by atoms with Crippen LogP contribution in [-0.2, 0) is 17.9 Å². The number of carbonyl (C=O) groups is 1. The Bertz CT molecular complexity index is 718. The first-order chi connectivity index (χ1) is 11.6. The van der Waals surface area contributed by atoms with Gasteiger partial charge in [0.2, 0.25) is 0 Å². The number of methoxy groups -OCH3 is 3. The molecule has 0 unspecified atom stereocenters. The van der Waals surface area contributed by atoms with Gasteiger partial charge in [0, 0.05) is 17.2 Å². The predicted molar refractivity (Wildman–Crippen MR) is 101 cm³/mol. The van der Waals surface area contributed by atoms with Crippen molar-refractivity contribution in [2.75, 3.05) is 21.3 Å². The van der Waals surface area contributed by atoms with E-state index in [1.54, 1.807) is 33.5 Å². The van der Waals surface area contributed by atoms with Crippen molar-refractivity contribution in [2.45, 2.75) is 13.2 Å². The molecule has 0 aliphatic carbocycles. The lowest BCUT2D eigenvalue weighted by Gasteiger charge is -2.13. The number of hydrogen-bond acceptors (Lipinski definition) is 4. The third-order valence-corrected chi connectivity index (χ3v) is 4.47. The number of hydrogen-bond donors (Lipinski definition) is 1. The minimum Gasteiger partial charge on any atom is -0.493 e. The van der Waals surface area contributed by atoms with E-state index in [2.05, 4.69) is 27.9 Å².